The second kappa shape index (κ2) is 8.29. The molecule has 0 saturated carbocycles. The van der Waals surface area contributed by atoms with Gasteiger partial charge in [0, 0.05) is 47.8 Å². The molecule has 2 N–H and O–H groups in total. The Morgan fingerprint density at radius 2 is 1.82 bits per heavy atom. The molecule has 1 fully saturated rings. The first kappa shape index (κ1) is 21.1. The Morgan fingerprint density at radius 1 is 1.09 bits per heavy atom. The van der Waals surface area contributed by atoms with Gasteiger partial charge in [-0.3, -0.25) is 0 Å². The summed E-state index contributed by atoms with van der Waals surface area (Å²) in [6, 6.07) is 12.2. The number of ether oxygens (including phenoxy) is 1. The number of aromatic hydroxyl groups is 1. The minimum absolute atomic E-state index is 0.000564. The summed E-state index contributed by atoms with van der Waals surface area (Å²) >= 11 is 0. The molecule has 0 amide bonds. The predicted molar refractivity (Wildman–Crippen MR) is 118 cm³/mol. The van der Waals surface area contributed by atoms with E-state index in [-0.39, 0.29) is 17.5 Å². The smallest absolute Gasteiger partial charge is 0.357 e. The van der Waals surface area contributed by atoms with E-state index in [9.17, 15) is 23.8 Å². The molecule has 0 unspecified atom stereocenters. The Bertz CT molecular complexity index is 1360. The second-order valence-electron chi connectivity index (χ2n) is 7.99. The van der Waals surface area contributed by atoms with Crippen molar-refractivity contribution in [3.8, 4) is 22.6 Å². The number of phenolic OH excluding ortho intramolecular Hbond substituents is 1. The zero-order valence-electron chi connectivity index (χ0n) is 17.5. The summed E-state index contributed by atoms with van der Waals surface area (Å²) in [6.45, 7) is 1.09. The number of carboxylic acid groups (broad SMARTS) is 1. The molecule has 5 rings (SSSR count). The number of pyridine rings is 1. The molecule has 0 spiro atoms. The van der Waals surface area contributed by atoms with Gasteiger partial charge in [0.15, 0.2) is 11.5 Å². The van der Waals surface area contributed by atoms with Gasteiger partial charge in [0.25, 0.3) is 0 Å². The van der Waals surface area contributed by atoms with Crippen LogP contribution in [-0.2, 0) is 4.74 Å². The van der Waals surface area contributed by atoms with Crippen LogP contribution in [0.1, 0.15) is 34.9 Å². The summed E-state index contributed by atoms with van der Waals surface area (Å²) in [5, 5.41) is 20.5. The molecule has 1 aliphatic heterocycles. The van der Waals surface area contributed by atoms with Gasteiger partial charge in [-0.05, 0) is 55.3 Å². The quantitative estimate of drug-likeness (QED) is 0.443. The maximum absolute atomic E-state index is 14.7. The Hall–Kier alpha value is -3.78. The number of carbonyl (C=O) groups is 1. The van der Waals surface area contributed by atoms with Crippen LogP contribution in [0, 0.1) is 11.6 Å². The van der Waals surface area contributed by atoms with Crippen molar-refractivity contribution >= 4 is 16.9 Å². The molecular formula is C25H20F2N2O4. The van der Waals surface area contributed by atoms with Crippen LogP contribution < -0.4 is 0 Å². The Morgan fingerprint density at radius 3 is 2.48 bits per heavy atom. The topological polar surface area (TPSA) is 84.6 Å². The number of hydrogen-bond donors (Lipinski definition) is 2. The molecule has 2 aromatic carbocycles. The fraction of sp³-hybridized carbons (Fsp3) is 0.200. The van der Waals surface area contributed by atoms with E-state index in [0.717, 1.165) is 11.8 Å². The van der Waals surface area contributed by atoms with Crippen LogP contribution in [0.4, 0.5) is 8.78 Å². The molecule has 8 heteroatoms. The zero-order chi connectivity index (χ0) is 23.1. The van der Waals surface area contributed by atoms with E-state index in [2.05, 4.69) is 4.98 Å². The highest BCUT2D eigenvalue weighted by Gasteiger charge is 2.29. The van der Waals surface area contributed by atoms with Crippen molar-refractivity contribution in [1.82, 2.24) is 9.55 Å². The lowest BCUT2D eigenvalue weighted by Crippen LogP contribution is -2.17. The summed E-state index contributed by atoms with van der Waals surface area (Å²) in [5.74, 6) is -2.79. The van der Waals surface area contributed by atoms with Crippen molar-refractivity contribution in [1.29, 1.82) is 0 Å². The van der Waals surface area contributed by atoms with Crippen LogP contribution >= 0.6 is 0 Å². The summed E-state index contributed by atoms with van der Waals surface area (Å²) in [6.07, 6.45) is 2.72. The van der Waals surface area contributed by atoms with E-state index in [1.807, 2.05) is 10.6 Å². The number of aromatic carboxylic acids is 1. The first-order chi connectivity index (χ1) is 16.0. The van der Waals surface area contributed by atoms with Crippen LogP contribution in [0.25, 0.3) is 27.7 Å². The number of hydrogen-bond acceptors (Lipinski definition) is 4. The molecule has 0 aliphatic carbocycles. The van der Waals surface area contributed by atoms with Crippen LogP contribution in [-0.4, -0.2) is 38.9 Å². The van der Waals surface area contributed by atoms with E-state index >= 15 is 0 Å². The maximum Gasteiger partial charge on any atom is 0.357 e. The van der Waals surface area contributed by atoms with Gasteiger partial charge in [-0.15, -0.1) is 0 Å². The van der Waals surface area contributed by atoms with E-state index in [4.69, 9.17) is 4.74 Å². The number of halogens is 2. The Balaban J connectivity index is 1.87. The highest BCUT2D eigenvalue weighted by Crippen LogP contribution is 2.46. The largest absolute Gasteiger partial charge is 0.507 e. The minimum Gasteiger partial charge on any atom is -0.507 e. The zero-order valence-corrected chi connectivity index (χ0v) is 17.5. The number of benzene rings is 2. The molecule has 168 valence electrons. The average Bonchev–Trinajstić information content (AvgIpc) is 3.16. The van der Waals surface area contributed by atoms with Crippen molar-refractivity contribution < 1.29 is 28.5 Å². The van der Waals surface area contributed by atoms with Crippen molar-refractivity contribution in [3.63, 3.8) is 0 Å². The molecule has 33 heavy (non-hydrogen) atoms. The van der Waals surface area contributed by atoms with E-state index in [1.54, 1.807) is 24.3 Å². The average molecular weight is 450 g/mol. The van der Waals surface area contributed by atoms with Crippen molar-refractivity contribution in [2.75, 3.05) is 13.2 Å². The third-order valence-electron chi connectivity index (χ3n) is 6.03. The first-order valence-electron chi connectivity index (χ1n) is 10.5. The van der Waals surface area contributed by atoms with Gasteiger partial charge < -0.3 is 19.5 Å². The van der Waals surface area contributed by atoms with Gasteiger partial charge >= 0.3 is 5.97 Å². The minimum atomic E-state index is -1.46. The Labute approximate surface area is 187 Å². The van der Waals surface area contributed by atoms with Gasteiger partial charge in [-0.2, -0.15) is 0 Å². The Kier molecular flexibility index (Phi) is 5.30. The van der Waals surface area contributed by atoms with Gasteiger partial charge in [0.05, 0.1) is 10.9 Å². The number of rotatable bonds is 4. The number of carboxylic acids is 1. The lowest BCUT2D eigenvalue weighted by atomic mass is 9.90. The molecule has 0 atom stereocenters. The molecule has 0 radical (unpaired) electrons. The molecular weight excluding hydrogens is 430 g/mol. The molecule has 6 nitrogen and oxygen atoms in total. The summed E-state index contributed by atoms with van der Waals surface area (Å²) in [5.41, 5.74) is 2.42. The normalized spacial score (nSPS) is 14.6. The molecule has 4 aromatic rings. The SMILES string of the molecule is O=C(O)c1ncc(-c2c(C3CCOCC3)n(-c3ccc(F)cc3)c3cccc(O)c23)cc1F. The fourth-order valence-electron chi connectivity index (χ4n) is 4.59. The summed E-state index contributed by atoms with van der Waals surface area (Å²) in [4.78, 5) is 15.1. The lowest BCUT2D eigenvalue weighted by molar-refractivity contribution is 0.0685. The van der Waals surface area contributed by atoms with Crippen LogP contribution in [0.5, 0.6) is 5.75 Å². The molecule has 1 aliphatic rings. The monoisotopic (exact) mass is 450 g/mol. The van der Waals surface area contributed by atoms with Gasteiger partial charge in [-0.1, -0.05) is 6.07 Å². The summed E-state index contributed by atoms with van der Waals surface area (Å²) < 4.78 is 35.8. The second-order valence-corrected chi connectivity index (χ2v) is 7.99. The third-order valence-corrected chi connectivity index (χ3v) is 6.03. The van der Waals surface area contributed by atoms with Crippen molar-refractivity contribution in [2.45, 2.75) is 18.8 Å². The van der Waals surface area contributed by atoms with Gasteiger partial charge in [0.2, 0.25) is 0 Å². The van der Waals surface area contributed by atoms with E-state index in [1.165, 1.54) is 18.3 Å². The molecule has 2 aromatic heterocycles. The maximum atomic E-state index is 14.7. The van der Waals surface area contributed by atoms with Crippen LogP contribution in [0.15, 0.2) is 54.7 Å². The van der Waals surface area contributed by atoms with Crippen LogP contribution in [0.3, 0.4) is 0 Å². The van der Waals surface area contributed by atoms with Gasteiger partial charge in [-0.25, -0.2) is 18.6 Å². The standard InChI is InChI=1S/C25H20F2N2O4/c26-16-4-6-17(7-5-16)29-19-2-1-3-20(30)22(19)21(24(29)14-8-10-33-11-9-14)15-12-18(27)23(25(31)32)28-13-15/h1-7,12-14,30H,8-11H2,(H,31,32). The van der Waals surface area contributed by atoms with Crippen molar-refractivity contribution in [3.05, 3.63) is 77.8 Å². The van der Waals surface area contributed by atoms with Crippen molar-refractivity contribution in [2.24, 2.45) is 0 Å². The third kappa shape index (κ3) is 3.62. The van der Waals surface area contributed by atoms with E-state index in [0.29, 0.717) is 53.8 Å². The number of nitrogens with zero attached hydrogens (tertiary/aromatic N) is 2. The number of phenols is 1. The highest BCUT2D eigenvalue weighted by atomic mass is 19.1. The number of aromatic nitrogens is 2. The summed E-state index contributed by atoms with van der Waals surface area (Å²) in [7, 11) is 0. The molecule has 3 heterocycles. The predicted octanol–water partition coefficient (Wildman–Crippen LogP) is 5.27. The molecule has 0 bridgehead atoms. The van der Waals surface area contributed by atoms with E-state index < -0.39 is 17.5 Å². The molecule has 1 saturated heterocycles. The highest BCUT2D eigenvalue weighted by molar-refractivity contribution is 6.03. The van der Waals surface area contributed by atoms with Crippen LogP contribution in [0.2, 0.25) is 0 Å². The fourth-order valence-corrected chi connectivity index (χ4v) is 4.59. The number of fused-ring (bicyclic) bond motifs is 1. The lowest BCUT2D eigenvalue weighted by Gasteiger charge is -2.25. The van der Waals surface area contributed by atoms with Gasteiger partial charge in [0.1, 0.15) is 11.6 Å². The first-order valence-corrected chi connectivity index (χ1v) is 10.5.